The van der Waals surface area contributed by atoms with E-state index >= 15 is 0 Å². The largest absolute Gasteiger partial charge is 0.444 e. The number of rotatable bonds is 4. The van der Waals surface area contributed by atoms with Crippen molar-refractivity contribution in [1.29, 1.82) is 0 Å². The third kappa shape index (κ3) is 5.28. The van der Waals surface area contributed by atoms with Gasteiger partial charge in [-0.15, -0.1) is 0 Å². The molecule has 186 valence electrons. The maximum Gasteiger partial charge on any atom is 0.416 e. The summed E-state index contributed by atoms with van der Waals surface area (Å²) in [6.45, 7) is 7.92. The Balaban J connectivity index is 2.03. The van der Waals surface area contributed by atoms with Crippen LogP contribution in [-0.2, 0) is 23.9 Å². The number of nitrogens with zero attached hydrogens (tertiary/aromatic N) is 5. The van der Waals surface area contributed by atoms with Gasteiger partial charge in [0.15, 0.2) is 0 Å². The van der Waals surface area contributed by atoms with Crippen molar-refractivity contribution in [2.45, 2.75) is 52.4 Å². The van der Waals surface area contributed by atoms with Gasteiger partial charge in [0.05, 0.1) is 23.4 Å². The van der Waals surface area contributed by atoms with Gasteiger partial charge in [0.1, 0.15) is 5.60 Å². The maximum absolute atomic E-state index is 13.5. The number of ether oxygens (including phenoxy) is 1. The number of hydrogen-bond donors (Lipinski definition) is 0. The fourth-order valence-electron chi connectivity index (χ4n) is 3.74. The lowest BCUT2D eigenvalue weighted by Crippen LogP contribution is -2.47. The molecule has 1 aromatic carbocycles. The number of anilines is 2. The summed E-state index contributed by atoms with van der Waals surface area (Å²) in [4.78, 5) is 33.9. The summed E-state index contributed by atoms with van der Waals surface area (Å²) in [6, 6.07) is 4.74. The highest BCUT2D eigenvalue weighted by Gasteiger charge is 2.32. The lowest BCUT2D eigenvalue weighted by molar-refractivity contribution is -0.137. The molecule has 0 spiro atoms. The van der Waals surface area contributed by atoms with Crippen LogP contribution in [0.4, 0.5) is 29.6 Å². The summed E-state index contributed by atoms with van der Waals surface area (Å²) in [5.41, 5.74) is -0.334. The Morgan fingerprint density at radius 1 is 1.15 bits per heavy atom. The number of benzene rings is 1. The van der Waals surface area contributed by atoms with E-state index in [1.54, 1.807) is 44.8 Å². The van der Waals surface area contributed by atoms with E-state index in [0.29, 0.717) is 42.4 Å². The molecule has 1 amide bonds. The Morgan fingerprint density at radius 2 is 1.76 bits per heavy atom. The van der Waals surface area contributed by atoms with Crippen LogP contribution < -0.4 is 15.5 Å². The topological polar surface area (TPSA) is 70.9 Å². The molecule has 0 atom stereocenters. The molecule has 1 aromatic heterocycles. The molecule has 34 heavy (non-hydrogen) atoms. The van der Waals surface area contributed by atoms with Gasteiger partial charge in [-0.1, -0.05) is 0 Å². The highest BCUT2D eigenvalue weighted by Crippen LogP contribution is 2.32. The first kappa shape index (κ1) is 25.4. The molecule has 3 rings (SSSR count). The highest BCUT2D eigenvalue weighted by atomic mass is 19.4. The van der Waals surface area contributed by atoms with Crippen LogP contribution in [0, 0.1) is 0 Å². The monoisotopic (exact) mass is 481 g/mol. The van der Waals surface area contributed by atoms with Crippen molar-refractivity contribution >= 4 is 17.7 Å². The molecule has 0 saturated heterocycles. The van der Waals surface area contributed by atoms with Gasteiger partial charge in [0, 0.05) is 39.3 Å². The third-order valence-corrected chi connectivity index (χ3v) is 5.31. The number of halogens is 3. The standard InChI is InChI=1S/C23H30F3N5O3/c1-7-30(16-10-8-15(9-11-16)23(24,25)26)20-27-18-12-13-29(21(33)34-22(2,3)4)14-17(18)19(32)31(20)28(5)6/h8-11H,7,12-14H2,1-6H3. The van der Waals surface area contributed by atoms with Crippen LogP contribution in [0.25, 0.3) is 0 Å². The summed E-state index contributed by atoms with van der Waals surface area (Å²) in [5.74, 6) is 0.293. The van der Waals surface area contributed by atoms with Crippen molar-refractivity contribution in [3.8, 4) is 0 Å². The Bertz CT molecular complexity index is 1110. The van der Waals surface area contributed by atoms with Crippen molar-refractivity contribution in [2.24, 2.45) is 0 Å². The lowest BCUT2D eigenvalue weighted by Gasteiger charge is -2.33. The first-order chi connectivity index (χ1) is 15.7. The number of hydrogen-bond acceptors (Lipinski definition) is 6. The molecule has 8 nitrogen and oxygen atoms in total. The molecule has 1 aliphatic heterocycles. The second-order valence-corrected chi connectivity index (χ2v) is 9.24. The molecular formula is C23H30F3N5O3. The molecule has 0 radical (unpaired) electrons. The quantitative estimate of drug-likeness (QED) is 0.660. The predicted molar refractivity (Wildman–Crippen MR) is 123 cm³/mol. The minimum Gasteiger partial charge on any atom is -0.444 e. The van der Waals surface area contributed by atoms with Crippen LogP contribution in [0.1, 0.15) is 44.5 Å². The Morgan fingerprint density at radius 3 is 2.26 bits per heavy atom. The zero-order valence-corrected chi connectivity index (χ0v) is 20.2. The van der Waals surface area contributed by atoms with Crippen molar-refractivity contribution in [1.82, 2.24) is 14.6 Å². The van der Waals surface area contributed by atoms with Gasteiger partial charge in [-0.3, -0.25) is 4.79 Å². The number of aromatic nitrogens is 2. The molecule has 2 aromatic rings. The lowest BCUT2D eigenvalue weighted by atomic mass is 10.1. The Kier molecular flexibility index (Phi) is 6.86. The molecule has 11 heteroatoms. The highest BCUT2D eigenvalue weighted by molar-refractivity contribution is 5.68. The van der Waals surface area contributed by atoms with E-state index in [0.717, 1.165) is 12.1 Å². The van der Waals surface area contributed by atoms with Gasteiger partial charge in [0.25, 0.3) is 5.56 Å². The molecule has 0 fully saturated rings. The van der Waals surface area contributed by atoms with Gasteiger partial charge in [-0.2, -0.15) is 17.8 Å². The van der Waals surface area contributed by atoms with Gasteiger partial charge in [-0.25, -0.2) is 9.78 Å². The molecule has 2 heterocycles. The number of amides is 1. The molecule has 0 aliphatic carbocycles. The number of carbonyl (C=O) groups excluding carboxylic acids is 1. The van der Waals surface area contributed by atoms with E-state index in [9.17, 15) is 22.8 Å². The van der Waals surface area contributed by atoms with E-state index < -0.39 is 23.4 Å². The van der Waals surface area contributed by atoms with Gasteiger partial charge in [0.2, 0.25) is 5.95 Å². The van der Waals surface area contributed by atoms with Crippen LogP contribution >= 0.6 is 0 Å². The zero-order valence-electron chi connectivity index (χ0n) is 20.2. The summed E-state index contributed by atoms with van der Waals surface area (Å²) in [6.07, 6.45) is -4.58. The fraction of sp³-hybridized carbons (Fsp3) is 0.522. The molecule has 1 aliphatic rings. The minimum absolute atomic E-state index is 0.0661. The van der Waals surface area contributed by atoms with Gasteiger partial charge < -0.3 is 19.5 Å². The van der Waals surface area contributed by atoms with Crippen LogP contribution in [-0.4, -0.2) is 53.4 Å². The Labute approximate surface area is 196 Å². The Hall–Kier alpha value is -3.24. The molecule has 0 unspecified atom stereocenters. The summed E-state index contributed by atoms with van der Waals surface area (Å²) in [5, 5.41) is 1.56. The summed E-state index contributed by atoms with van der Waals surface area (Å²) in [7, 11) is 3.35. The normalized spacial score (nSPS) is 14.0. The summed E-state index contributed by atoms with van der Waals surface area (Å²) < 4.78 is 45.8. The molecule has 0 bridgehead atoms. The van der Waals surface area contributed by atoms with Crippen molar-refractivity contribution in [3.05, 3.63) is 51.4 Å². The molecule has 0 saturated carbocycles. The maximum atomic E-state index is 13.5. The van der Waals surface area contributed by atoms with Gasteiger partial charge in [-0.05, 0) is 52.0 Å². The van der Waals surface area contributed by atoms with Crippen LogP contribution in [0.5, 0.6) is 0 Å². The van der Waals surface area contributed by atoms with E-state index in [1.807, 2.05) is 6.92 Å². The average Bonchev–Trinajstić information content (AvgIpc) is 2.72. The van der Waals surface area contributed by atoms with Crippen LogP contribution in [0.3, 0.4) is 0 Å². The van der Waals surface area contributed by atoms with Crippen molar-refractivity contribution in [3.63, 3.8) is 0 Å². The van der Waals surface area contributed by atoms with E-state index in [2.05, 4.69) is 0 Å². The molecular weight excluding hydrogens is 451 g/mol. The minimum atomic E-state index is -4.44. The van der Waals surface area contributed by atoms with E-state index in [4.69, 9.17) is 9.72 Å². The molecule has 0 N–H and O–H groups in total. The number of alkyl halides is 3. The van der Waals surface area contributed by atoms with Crippen molar-refractivity contribution in [2.75, 3.05) is 37.1 Å². The average molecular weight is 482 g/mol. The first-order valence-electron chi connectivity index (χ1n) is 11.0. The smallest absolute Gasteiger partial charge is 0.416 e. The van der Waals surface area contributed by atoms with Crippen LogP contribution in [0.15, 0.2) is 29.1 Å². The van der Waals surface area contributed by atoms with E-state index in [-0.39, 0.29) is 12.1 Å². The number of carbonyl (C=O) groups is 1. The van der Waals surface area contributed by atoms with Crippen molar-refractivity contribution < 1.29 is 22.7 Å². The predicted octanol–water partition coefficient (Wildman–Crippen LogP) is 3.91. The van der Waals surface area contributed by atoms with Crippen LogP contribution in [0.2, 0.25) is 0 Å². The zero-order chi connectivity index (χ0) is 25.4. The fourth-order valence-corrected chi connectivity index (χ4v) is 3.74. The second-order valence-electron chi connectivity index (χ2n) is 9.24. The summed E-state index contributed by atoms with van der Waals surface area (Å²) >= 11 is 0. The van der Waals surface area contributed by atoms with E-state index in [1.165, 1.54) is 21.7 Å². The first-order valence-corrected chi connectivity index (χ1v) is 11.0. The van der Waals surface area contributed by atoms with Gasteiger partial charge >= 0.3 is 12.3 Å². The third-order valence-electron chi connectivity index (χ3n) is 5.31. The SMILES string of the molecule is CCN(c1ccc(C(F)(F)F)cc1)c1nc2c(c(=O)n1N(C)C)CN(C(=O)OC(C)(C)C)CC2. The number of fused-ring (bicyclic) bond motifs is 1. The second kappa shape index (κ2) is 9.19.